The Kier molecular flexibility index (Phi) is 3.85. The molecule has 0 saturated carbocycles. The Morgan fingerprint density at radius 1 is 0.833 bits per heavy atom. The van der Waals surface area contributed by atoms with Crippen molar-refractivity contribution in [2.45, 2.75) is 25.7 Å². The number of ether oxygens (including phenoxy) is 1. The van der Waals surface area contributed by atoms with Gasteiger partial charge in [-0.1, -0.05) is 36.4 Å². The average molecular weight is 318 g/mol. The Labute approximate surface area is 142 Å². The number of rotatable bonds is 2. The molecule has 1 heterocycles. The van der Waals surface area contributed by atoms with Crippen molar-refractivity contribution in [1.29, 1.82) is 0 Å². The highest BCUT2D eigenvalue weighted by atomic mass is 16.5. The lowest BCUT2D eigenvalue weighted by molar-refractivity contribution is 0.410. The van der Waals surface area contributed by atoms with Gasteiger partial charge in [0.1, 0.15) is 5.75 Å². The summed E-state index contributed by atoms with van der Waals surface area (Å²) < 4.78 is 7.71. The fraction of sp³-hybridized carbons (Fsp3) is 0.286. The molecule has 4 aliphatic rings. The number of aromatic nitrogens is 2. The molecule has 122 valence electrons. The number of aryl methyl sites for hydroxylation is 5. The highest BCUT2D eigenvalue weighted by molar-refractivity contribution is 5.73. The summed E-state index contributed by atoms with van der Waals surface area (Å²) in [5, 5.41) is 4.64. The van der Waals surface area contributed by atoms with Gasteiger partial charge in [-0.2, -0.15) is 5.10 Å². The number of hydrogen-bond acceptors (Lipinski definition) is 2. The van der Waals surface area contributed by atoms with Crippen molar-refractivity contribution in [2.24, 2.45) is 7.05 Å². The topological polar surface area (TPSA) is 27.1 Å². The Morgan fingerprint density at radius 2 is 1.46 bits per heavy atom. The number of methoxy groups -OCH3 is 1. The average Bonchev–Trinajstić information content (AvgIpc) is 3.02. The predicted octanol–water partition coefficient (Wildman–Crippen LogP) is 3.98. The largest absolute Gasteiger partial charge is 0.496 e. The van der Waals surface area contributed by atoms with E-state index >= 15 is 0 Å². The first kappa shape index (κ1) is 15.0. The molecule has 4 bridgehead atoms. The van der Waals surface area contributed by atoms with E-state index in [-0.39, 0.29) is 0 Å². The van der Waals surface area contributed by atoms with Crippen molar-refractivity contribution < 1.29 is 4.74 Å². The highest BCUT2D eigenvalue weighted by Crippen LogP contribution is 2.37. The first-order valence-electron chi connectivity index (χ1n) is 8.51. The molecule has 0 fully saturated rings. The molecule has 24 heavy (non-hydrogen) atoms. The lowest BCUT2D eigenvalue weighted by atomic mass is 9.91. The van der Waals surface area contributed by atoms with E-state index in [1.54, 1.807) is 7.11 Å². The van der Waals surface area contributed by atoms with Gasteiger partial charge in [0.15, 0.2) is 0 Å². The minimum absolute atomic E-state index is 0.975. The molecule has 0 atom stereocenters. The minimum atomic E-state index is 0.975. The number of nitrogens with zero attached hydrogens (tertiary/aromatic N) is 2. The van der Waals surface area contributed by atoms with Crippen LogP contribution < -0.4 is 4.74 Å². The van der Waals surface area contributed by atoms with Gasteiger partial charge in [-0.25, -0.2) is 0 Å². The van der Waals surface area contributed by atoms with Gasteiger partial charge in [0.05, 0.1) is 12.8 Å². The Morgan fingerprint density at radius 3 is 2.04 bits per heavy atom. The zero-order valence-electron chi connectivity index (χ0n) is 14.2. The van der Waals surface area contributed by atoms with Crippen molar-refractivity contribution in [3.05, 3.63) is 70.9 Å². The predicted molar refractivity (Wildman–Crippen MR) is 96.5 cm³/mol. The van der Waals surface area contributed by atoms with Crippen molar-refractivity contribution in [3.63, 3.8) is 0 Å². The quantitative estimate of drug-likeness (QED) is 0.714. The van der Waals surface area contributed by atoms with Gasteiger partial charge >= 0.3 is 0 Å². The summed E-state index contributed by atoms with van der Waals surface area (Å²) in [6.07, 6.45) is 6.01. The highest BCUT2D eigenvalue weighted by Gasteiger charge is 2.18. The first-order valence-corrected chi connectivity index (χ1v) is 8.51. The monoisotopic (exact) mass is 318 g/mol. The van der Waals surface area contributed by atoms with Crippen LogP contribution in [0.15, 0.2) is 48.7 Å². The van der Waals surface area contributed by atoms with Crippen molar-refractivity contribution in [2.75, 3.05) is 7.11 Å². The van der Waals surface area contributed by atoms with Gasteiger partial charge in [0.2, 0.25) is 0 Å². The van der Waals surface area contributed by atoms with Crippen LogP contribution in [0.1, 0.15) is 22.3 Å². The fourth-order valence-corrected chi connectivity index (χ4v) is 3.56. The smallest absolute Gasteiger partial charge is 0.131 e. The van der Waals surface area contributed by atoms with E-state index in [1.807, 2.05) is 17.9 Å². The third kappa shape index (κ3) is 2.71. The van der Waals surface area contributed by atoms with E-state index < -0.39 is 0 Å². The van der Waals surface area contributed by atoms with Gasteiger partial charge in [0, 0.05) is 18.8 Å². The van der Waals surface area contributed by atoms with E-state index in [9.17, 15) is 0 Å². The second kappa shape index (κ2) is 6.16. The summed E-state index contributed by atoms with van der Waals surface area (Å²) in [7, 11) is 3.73. The second-order valence-electron chi connectivity index (χ2n) is 6.48. The van der Waals surface area contributed by atoms with Crippen molar-refractivity contribution in [1.82, 2.24) is 9.78 Å². The molecule has 0 amide bonds. The van der Waals surface area contributed by atoms with Crippen LogP contribution in [0.4, 0.5) is 0 Å². The minimum Gasteiger partial charge on any atom is -0.496 e. The second-order valence-corrected chi connectivity index (χ2v) is 6.48. The summed E-state index contributed by atoms with van der Waals surface area (Å²) in [5.41, 5.74) is 7.48. The van der Waals surface area contributed by atoms with Crippen LogP contribution in [0.5, 0.6) is 5.75 Å². The molecule has 2 aromatic carbocycles. The Bertz CT molecular complexity index is 862. The lowest BCUT2D eigenvalue weighted by Crippen LogP contribution is -2.04. The molecule has 0 N–H and O–H groups in total. The van der Waals surface area contributed by atoms with E-state index in [0.29, 0.717) is 0 Å². The van der Waals surface area contributed by atoms with E-state index in [4.69, 9.17) is 4.74 Å². The molecular formula is C21H22N2O. The molecule has 0 radical (unpaired) electrons. The summed E-state index contributed by atoms with van der Waals surface area (Å²) in [6.45, 7) is 0. The van der Waals surface area contributed by atoms with Gasteiger partial charge in [-0.05, 0) is 54.0 Å². The van der Waals surface area contributed by atoms with Crippen molar-refractivity contribution >= 4 is 0 Å². The molecule has 0 spiro atoms. The van der Waals surface area contributed by atoms with Crippen LogP contribution in [0.25, 0.3) is 11.3 Å². The molecule has 0 unspecified atom stereocenters. The summed E-state index contributed by atoms with van der Waals surface area (Å²) in [6, 6.07) is 15.6. The van der Waals surface area contributed by atoms with Crippen molar-refractivity contribution in [3.8, 4) is 17.0 Å². The van der Waals surface area contributed by atoms with Gasteiger partial charge in [-0.15, -0.1) is 0 Å². The lowest BCUT2D eigenvalue weighted by Gasteiger charge is -2.18. The maximum absolute atomic E-state index is 5.85. The first-order chi connectivity index (χ1) is 11.7. The molecule has 0 saturated heterocycles. The molecule has 4 aliphatic carbocycles. The Hall–Kier alpha value is -2.55. The molecule has 3 aromatic rings. The summed E-state index contributed by atoms with van der Waals surface area (Å²) in [5.74, 6) is 0.987. The fourth-order valence-electron chi connectivity index (χ4n) is 3.56. The van der Waals surface area contributed by atoms with Gasteiger partial charge in [-0.3, -0.25) is 4.68 Å². The number of hydrogen-bond donors (Lipinski definition) is 0. The standard InChI is InChI=1S/C21H22N2O/c1-23-14-13-19(22-23)20-17-9-7-15-3-5-16(6-4-15)8-10-18(12-11-17)21(20)24-2/h3-6,11-14H,7-10H2,1-2H3. The Balaban J connectivity index is 1.87. The third-order valence-electron chi connectivity index (χ3n) is 4.89. The van der Waals surface area contributed by atoms with Crippen LogP contribution in [0.2, 0.25) is 0 Å². The number of benzene rings is 2. The van der Waals surface area contributed by atoms with Gasteiger partial charge in [0.25, 0.3) is 0 Å². The van der Waals surface area contributed by atoms with Crippen LogP contribution in [0.3, 0.4) is 0 Å². The third-order valence-corrected chi connectivity index (χ3v) is 4.89. The zero-order chi connectivity index (χ0) is 16.5. The van der Waals surface area contributed by atoms with Crippen LogP contribution in [0, 0.1) is 0 Å². The van der Waals surface area contributed by atoms with E-state index in [1.165, 1.54) is 22.3 Å². The molecular weight excluding hydrogens is 296 g/mol. The van der Waals surface area contributed by atoms with Gasteiger partial charge < -0.3 is 4.74 Å². The summed E-state index contributed by atoms with van der Waals surface area (Å²) in [4.78, 5) is 0. The normalized spacial score (nSPS) is 13.6. The molecule has 1 aromatic heterocycles. The van der Waals surface area contributed by atoms with Crippen LogP contribution in [-0.4, -0.2) is 16.9 Å². The zero-order valence-corrected chi connectivity index (χ0v) is 14.2. The maximum atomic E-state index is 5.85. The van der Waals surface area contributed by atoms with E-state index in [2.05, 4.69) is 47.6 Å². The molecule has 3 heteroatoms. The maximum Gasteiger partial charge on any atom is 0.131 e. The van der Waals surface area contributed by atoms with E-state index in [0.717, 1.165) is 42.7 Å². The molecule has 3 nitrogen and oxygen atoms in total. The molecule has 7 rings (SSSR count). The molecule has 0 aliphatic heterocycles. The van der Waals surface area contributed by atoms with Crippen LogP contribution >= 0.6 is 0 Å². The summed E-state index contributed by atoms with van der Waals surface area (Å²) >= 11 is 0. The SMILES string of the molecule is COc1c2ccc(c1-c1ccn(C)n1)CCc1ccc(cc1)CC2. The van der Waals surface area contributed by atoms with Crippen LogP contribution in [-0.2, 0) is 32.7 Å².